The number of hydrogen-bond donors (Lipinski definition) is 1. The number of carbonyl (C=O) groups excluding carboxylic acids is 3. The normalized spacial score (nSPS) is 19.2. The van der Waals surface area contributed by atoms with Crippen LogP contribution in [0.15, 0.2) is 99.9 Å². The van der Waals surface area contributed by atoms with Gasteiger partial charge >= 0.3 is 103 Å². The number of aliphatic imine (C=N–C) groups is 2. The van der Waals surface area contributed by atoms with Gasteiger partial charge in [0.05, 0.1) is 48.6 Å². The van der Waals surface area contributed by atoms with E-state index in [0.29, 0.717) is 52.5 Å². The smallest absolute Gasteiger partial charge is 1.00 e. The number of pyridine rings is 2. The second kappa shape index (κ2) is 26.5. The number of hydrogen-bond acceptors (Lipinski definition) is 15. The van der Waals surface area contributed by atoms with Crippen LogP contribution in [-0.4, -0.2) is 119 Å². The molecule has 2 saturated carbocycles. The second-order valence-corrected chi connectivity index (χ2v) is 20.0. The number of nitrogens with zero attached hydrogens (tertiary/aromatic N) is 12. The van der Waals surface area contributed by atoms with Crippen molar-refractivity contribution >= 4 is 77.8 Å². The fourth-order valence-electron chi connectivity index (χ4n) is 10.1. The maximum atomic E-state index is 13.5. The van der Waals surface area contributed by atoms with Crippen LogP contribution in [0.1, 0.15) is 85.6 Å². The van der Waals surface area contributed by atoms with E-state index < -0.39 is 11.9 Å². The molecule has 24 heteroatoms. The van der Waals surface area contributed by atoms with Gasteiger partial charge in [-0.3, -0.25) is 38.7 Å². The Morgan fingerprint density at radius 1 is 0.720 bits per heavy atom. The van der Waals surface area contributed by atoms with Crippen LogP contribution in [0.3, 0.4) is 0 Å². The van der Waals surface area contributed by atoms with Gasteiger partial charge in [0.15, 0.2) is 11.6 Å². The number of thioether (sulfide) groups is 1. The van der Waals surface area contributed by atoms with E-state index >= 15 is 0 Å². The summed E-state index contributed by atoms with van der Waals surface area (Å²) in [5, 5.41) is 19.4. The molecular formula is C51H53ClF2K2N12O5S2. The van der Waals surface area contributed by atoms with Gasteiger partial charge < -0.3 is 11.6 Å². The van der Waals surface area contributed by atoms with Crippen LogP contribution in [0, 0.1) is 11.9 Å². The monoisotopic (exact) mass is 1130 g/mol. The molecule has 0 bridgehead atoms. The zero-order valence-corrected chi connectivity index (χ0v) is 51.2. The molecule has 4 aliphatic heterocycles. The van der Waals surface area contributed by atoms with Gasteiger partial charge in [-0.15, -0.1) is 11.8 Å². The van der Waals surface area contributed by atoms with Crippen LogP contribution in [0.4, 0.5) is 20.4 Å². The van der Waals surface area contributed by atoms with Crippen molar-refractivity contribution in [2.24, 2.45) is 9.98 Å². The number of amides is 2. The van der Waals surface area contributed by atoms with Gasteiger partial charge in [-0.25, -0.2) is 24.6 Å². The summed E-state index contributed by atoms with van der Waals surface area (Å²) in [6.45, 7) is 4.84. The molecule has 17 nitrogen and oxygen atoms in total. The average Bonchev–Trinajstić information content (AvgIpc) is 4.34. The topological polar surface area (TPSA) is 183 Å². The predicted octanol–water partition coefficient (Wildman–Crippen LogP) is 1.89. The van der Waals surface area contributed by atoms with E-state index in [4.69, 9.17) is 41.8 Å². The molecule has 4 atom stereocenters. The van der Waals surface area contributed by atoms with Crippen LogP contribution in [-0.2, 0) is 22.8 Å². The van der Waals surface area contributed by atoms with Crippen molar-refractivity contribution in [2.45, 2.75) is 94.7 Å². The zero-order valence-electron chi connectivity index (χ0n) is 43.4. The standard InChI is InChI=1S/C25H25FN6OS.C23H20ClFN6O.C2H6S.CH2O3.2K.H/c1-3-34-24-21-22(32-19-8-4-7-18(19)28-25(32)30(2)23(21)33)29-31(24)14-15-10-12-16(13-11-15)17-6-5-9-20(26)27-17;1-29-22(32)19-20(24)30(28-21(19)31-17-6-2-5-16(17)27-23(29)31)12-13-8-10-14(11-9-13)15-4-3-7-18(25)26-15;1-2-3;2-1-4-3;;;/h5-6,9-13,18-19H,3-4,7-8,14H2,1-2H3;3-4,7-11,16-17H,2,5-6,12H2,1H3;3H,2H2,1H3;1,3H;;;/q;;;;2*+1;-1/p-1/t18-,19+;16-,17+;;;;;/m11...../s1. The Hall–Kier alpha value is -3.41. The summed E-state index contributed by atoms with van der Waals surface area (Å²) in [5.74, 6) is 3.31. The number of carbonyl (C=O) groups is 3. The molecule has 0 spiro atoms. The third-order valence-electron chi connectivity index (χ3n) is 13.3. The molecule has 12 rings (SSSR count). The molecule has 6 aromatic rings. The largest absolute Gasteiger partial charge is 1.00 e. The molecule has 0 radical (unpaired) electrons. The van der Waals surface area contributed by atoms with Crippen molar-refractivity contribution < 1.29 is 138 Å². The number of halogens is 3. The van der Waals surface area contributed by atoms with E-state index in [9.17, 15) is 18.4 Å². The maximum absolute atomic E-state index is 13.5. The molecule has 75 heavy (non-hydrogen) atoms. The number of benzene rings is 2. The van der Waals surface area contributed by atoms with E-state index in [1.807, 2.05) is 67.2 Å². The minimum Gasteiger partial charge on any atom is -1.00 e. The Morgan fingerprint density at radius 3 is 1.59 bits per heavy atom. The molecule has 0 saturated heterocycles. The van der Waals surface area contributed by atoms with Gasteiger partial charge in [0.1, 0.15) is 21.3 Å². The summed E-state index contributed by atoms with van der Waals surface area (Å²) in [4.78, 5) is 62.8. The summed E-state index contributed by atoms with van der Waals surface area (Å²) in [6.07, 6.45) is 6.46. The van der Waals surface area contributed by atoms with Gasteiger partial charge in [-0.1, -0.05) is 86.1 Å². The number of guanidine groups is 2. The third kappa shape index (κ3) is 12.3. The summed E-state index contributed by atoms with van der Waals surface area (Å²) in [5.41, 5.74) is 5.97. The molecule has 8 heterocycles. The summed E-state index contributed by atoms with van der Waals surface area (Å²) >= 11 is 12.1. The molecule has 6 aliphatic rings. The van der Waals surface area contributed by atoms with Crippen molar-refractivity contribution in [3.05, 3.63) is 124 Å². The Morgan fingerprint density at radius 2 is 1.15 bits per heavy atom. The molecule has 2 aromatic carbocycles. The van der Waals surface area contributed by atoms with E-state index in [1.165, 1.54) is 12.1 Å². The summed E-state index contributed by atoms with van der Waals surface area (Å²) in [6, 6.07) is 26.0. The number of aromatic nitrogens is 6. The molecular weight excluding hydrogens is 1080 g/mol. The van der Waals surface area contributed by atoms with Crippen molar-refractivity contribution in [3.63, 3.8) is 0 Å². The van der Waals surface area contributed by atoms with E-state index in [-0.39, 0.29) is 147 Å². The SMILES string of the molecule is CCS.CCSc1c2c(nn1Cc1ccc(-c3cccc(F)n3)cc1)N1C(=N[C@@H]3CCC[C@@H]31)N(C)C2=O.CN1C(=O)c2c(nn(Cc3ccc(-c4cccc(F)n4)cc3)c2Cl)N2C1=N[C@@H]1CCC[C@@H]12.O=CO[O-].[H-].[K+].[K+]. The van der Waals surface area contributed by atoms with Crippen LogP contribution < -0.4 is 118 Å². The Balaban J connectivity index is 0.000000213. The molecule has 4 aromatic heterocycles. The first-order valence-electron chi connectivity index (χ1n) is 24.0. The summed E-state index contributed by atoms with van der Waals surface area (Å²) in [7, 11) is 3.56. The number of fused-ring (bicyclic) bond motifs is 10. The Labute approximate surface area is 534 Å². The molecule has 0 unspecified atom stereocenters. The first-order chi connectivity index (χ1) is 35.4. The minimum atomic E-state index is -0.510. The van der Waals surface area contributed by atoms with Crippen LogP contribution >= 0.6 is 36.0 Å². The van der Waals surface area contributed by atoms with Crippen LogP contribution in [0.5, 0.6) is 0 Å². The van der Waals surface area contributed by atoms with Gasteiger partial charge in [0, 0.05) is 25.2 Å². The zero-order chi connectivity index (χ0) is 51.5. The fraction of sp³-hybridized carbons (Fsp3) is 0.353. The third-order valence-corrected chi connectivity index (χ3v) is 14.7. The van der Waals surface area contributed by atoms with E-state index in [0.717, 1.165) is 89.1 Å². The molecule has 2 fully saturated rings. The van der Waals surface area contributed by atoms with Gasteiger partial charge in [0.25, 0.3) is 18.3 Å². The average molecular weight is 1130 g/mol. The van der Waals surface area contributed by atoms with Crippen LogP contribution in [0.25, 0.3) is 22.5 Å². The van der Waals surface area contributed by atoms with Gasteiger partial charge in [0.2, 0.25) is 23.8 Å². The van der Waals surface area contributed by atoms with E-state index in [1.54, 1.807) is 57.6 Å². The predicted molar refractivity (Wildman–Crippen MR) is 278 cm³/mol. The molecule has 382 valence electrons. The Kier molecular flexibility index (Phi) is 20.9. The first kappa shape index (κ1) is 59.3. The maximum Gasteiger partial charge on any atom is 1.00 e. The van der Waals surface area contributed by atoms with Crippen molar-refractivity contribution in [1.29, 1.82) is 0 Å². The van der Waals surface area contributed by atoms with Crippen molar-refractivity contribution in [3.8, 4) is 22.5 Å². The van der Waals surface area contributed by atoms with Crippen molar-refractivity contribution in [2.75, 3.05) is 35.4 Å². The number of anilines is 2. The number of rotatable bonds is 9. The second-order valence-electron chi connectivity index (χ2n) is 17.8. The van der Waals surface area contributed by atoms with Crippen LogP contribution in [0.2, 0.25) is 5.15 Å². The van der Waals surface area contributed by atoms with Crippen molar-refractivity contribution in [1.82, 2.24) is 39.3 Å². The quantitative estimate of drug-likeness (QED) is 0.0423. The minimum absolute atomic E-state index is 0. The fourth-order valence-corrected chi connectivity index (χ4v) is 11.2. The number of thiol groups is 1. The molecule has 2 aliphatic carbocycles. The van der Waals surface area contributed by atoms with E-state index in [2.05, 4.69) is 44.2 Å². The molecule has 2 amide bonds. The van der Waals surface area contributed by atoms with Gasteiger partial charge in [-0.2, -0.15) is 31.6 Å². The molecule has 0 N–H and O–H groups in total. The Bertz CT molecular complexity index is 3100. The first-order valence-corrected chi connectivity index (χ1v) is 26.0. The summed E-state index contributed by atoms with van der Waals surface area (Å²) < 4.78 is 30.6. The van der Waals surface area contributed by atoms with Gasteiger partial charge in [-0.05, 0) is 85.4 Å².